The summed E-state index contributed by atoms with van der Waals surface area (Å²) in [5, 5.41) is 13.5. The zero-order valence-electron chi connectivity index (χ0n) is 13.6. The summed E-state index contributed by atoms with van der Waals surface area (Å²) in [7, 11) is 0. The molecule has 0 fully saturated rings. The summed E-state index contributed by atoms with van der Waals surface area (Å²) in [6, 6.07) is 0. The Labute approximate surface area is 124 Å². The third kappa shape index (κ3) is 9.73. The molecule has 0 heterocycles. The van der Waals surface area contributed by atoms with E-state index in [1.165, 1.54) is 54.3 Å². The Morgan fingerprint density at radius 2 is 1.26 bits per heavy atom. The van der Waals surface area contributed by atoms with Crippen molar-refractivity contribution in [1.29, 1.82) is 0 Å². The third-order valence-electron chi connectivity index (χ3n) is 4.08. The molecule has 0 aliphatic rings. The summed E-state index contributed by atoms with van der Waals surface area (Å²) in [5.74, 6) is 0. The molecule has 0 amide bonds. The summed E-state index contributed by atoms with van der Waals surface area (Å²) in [4.78, 5) is 2.69. The molecule has 0 unspecified atom stereocenters. The van der Waals surface area contributed by atoms with Gasteiger partial charge in [-0.05, 0) is 0 Å². The van der Waals surface area contributed by atoms with Gasteiger partial charge in [-0.2, -0.15) is 0 Å². The summed E-state index contributed by atoms with van der Waals surface area (Å²) < 4.78 is 0. The molecule has 2 heteroatoms. The van der Waals surface area contributed by atoms with E-state index < -0.39 is 13.3 Å². The standard InChI is InChI=1S/C17H36GeO/c1-4-7-13-18(14-8-5-2,15-9-6-3)16-11-10-12-17-19/h11,16,19H,4-10,12-15,17H2,1-3H3/b16-11-. The molecule has 1 N–H and O–H groups in total. The van der Waals surface area contributed by atoms with Crippen molar-refractivity contribution in [2.75, 3.05) is 6.61 Å². The summed E-state index contributed by atoms with van der Waals surface area (Å²) in [6.45, 7) is 7.30. The van der Waals surface area contributed by atoms with E-state index in [0.717, 1.165) is 12.8 Å². The average molecular weight is 329 g/mol. The second kappa shape index (κ2) is 13.2. The Bertz CT molecular complexity index is 192. The van der Waals surface area contributed by atoms with Crippen molar-refractivity contribution in [3.63, 3.8) is 0 Å². The van der Waals surface area contributed by atoms with Crippen LogP contribution in [-0.2, 0) is 0 Å². The Balaban J connectivity index is 4.60. The number of allylic oxidation sites excluding steroid dienone is 1. The van der Waals surface area contributed by atoms with E-state index in [1.54, 1.807) is 0 Å². The van der Waals surface area contributed by atoms with Gasteiger partial charge >= 0.3 is 124 Å². The van der Waals surface area contributed by atoms with Gasteiger partial charge in [-0.25, -0.2) is 0 Å². The van der Waals surface area contributed by atoms with Gasteiger partial charge in [-0.15, -0.1) is 0 Å². The molecule has 0 saturated carbocycles. The first kappa shape index (κ1) is 19.2. The van der Waals surface area contributed by atoms with Crippen molar-refractivity contribution in [2.24, 2.45) is 0 Å². The zero-order chi connectivity index (χ0) is 14.4. The molecule has 1 nitrogen and oxygen atoms in total. The predicted octanol–water partition coefficient (Wildman–Crippen LogP) is 5.70. The van der Waals surface area contributed by atoms with E-state index in [2.05, 4.69) is 31.8 Å². The van der Waals surface area contributed by atoms with Crippen molar-refractivity contribution >= 4 is 13.3 Å². The second-order valence-electron chi connectivity index (χ2n) is 5.94. The minimum atomic E-state index is -1.74. The number of aliphatic hydroxyl groups is 1. The minimum absolute atomic E-state index is 0.337. The predicted molar refractivity (Wildman–Crippen MR) is 90.4 cm³/mol. The van der Waals surface area contributed by atoms with E-state index in [-0.39, 0.29) is 0 Å². The fourth-order valence-electron chi connectivity index (χ4n) is 2.75. The molecule has 0 atom stereocenters. The second-order valence-corrected chi connectivity index (χ2v) is 15.5. The fourth-order valence-corrected chi connectivity index (χ4v) is 13.4. The number of unbranched alkanes of at least 4 members (excludes halogenated alkanes) is 4. The van der Waals surface area contributed by atoms with Crippen LogP contribution in [0.3, 0.4) is 0 Å². The maximum absolute atomic E-state index is 8.90. The maximum atomic E-state index is 8.90. The van der Waals surface area contributed by atoms with Crippen LogP contribution in [0.1, 0.15) is 72.1 Å². The van der Waals surface area contributed by atoms with Crippen LogP contribution in [0.25, 0.3) is 0 Å². The van der Waals surface area contributed by atoms with Crippen LogP contribution < -0.4 is 0 Å². The van der Waals surface area contributed by atoms with Crippen molar-refractivity contribution in [3.8, 4) is 0 Å². The van der Waals surface area contributed by atoms with Gasteiger partial charge in [0.05, 0.1) is 0 Å². The van der Waals surface area contributed by atoms with Gasteiger partial charge in [-0.3, -0.25) is 0 Å². The number of aliphatic hydroxyl groups excluding tert-OH is 1. The van der Waals surface area contributed by atoms with Gasteiger partial charge in [0.25, 0.3) is 0 Å². The molecule has 19 heavy (non-hydrogen) atoms. The molecular formula is C17H36GeO. The molecule has 0 radical (unpaired) electrons. The summed E-state index contributed by atoms with van der Waals surface area (Å²) in [6.07, 6.45) is 12.7. The Hall–Kier alpha value is 0.243. The van der Waals surface area contributed by atoms with Crippen LogP contribution >= 0.6 is 0 Å². The van der Waals surface area contributed by atoms with Crippen molar-refractivity contribution in [3.05, 3.63) is 11.0 Å². The molecule has 0 bridgehead atoms. The zero-order valence-corrected chi connectivity index (χ0v) is 15.7. The molecule has 0 aliphatic heterocycles. The van der Waals surface area contributed by atoms with Gasteiger partial charge in [0.2, 0.25) is 0 Å². The third-order valence-corrected chi connectivity index (χ3v) is 14.6. The molecule has 0 aromatic carbocycles. The Kier molecular flexibility index (Phi) is 13.4. The van der Waals surface area contributed by atoms with Crippen LogP contribution in [0.15, 0.2) is 11.0 Å². The monoisotopic (exact) mass is 330 g/mol. The molecule has 0 rings (SSSR count). The first-order valence-electron chi connectivity index (χ1n) is 8.53. The number of hydrogen-bond acceptors (Lipinski definition) is 1. The van der Waals surface area contributed by atoms with E-state index >= 15 is 0 Å². The molecule has 0 aromatic rings. The van der Waals surface area contributed by atoms with Crippen molar-refractivity contribution < 1.29 is 5.11 Å². The molecule has 0 spiro atoms. The molecule has 0 aliphatic carbocycles. The van der Waals surface area contributed by atoms with E-state index in [9.17, 15) is 0 Å². The molecular weight excluding hydrogens is 293 g/mol. The van der Waals surface area contributed by atoms with Crippen LogP contribution in [0, 0.1) is 0 Å². The van der Waals surface area contributed by atoms with Crippen molar-refractivity contribution in [2.45, 2.75) is 87.9 Å². The van der Waals surface area contributed by atoms with E-state index in [0.29, 0.717) is 6.61 Å². The molecule has 0 saturated heterocycles. The first-order chi connectivity index (χ1) is 9.24. The van der Waals surface area contributed by atoms with Gasteiger partial charge in [0, 0.05) is 0 Å². The van der Waals surface area contributed by atoms with E-state index in [4.69, 9.17) is 5.11 Å². The van der Waals surface area contributed by atoms with Gasteiger partial charge in [0.1, 0.15) is 0 Å². The van der Waals surface area contributed by atoms with Crippen LogP contribution in [0.4, 0.5) is 0 Å². The average Bonchev–Trinajstić information content (AvgIpc) is 2.44. The first-order valence-corrected chi connectivity index (χ1v) is 14.2. The topological polar surface area (TPSA) is 20.2 Å². The van der Waals surface area contributed by atoms with Crippen molar-refractivity contribution in [1.82, 2.24) is 0 Å². The Morgan fingerprint density at radius 3 is 1.63 bits per heavy atom. The quantitative estimate of drug-likeness (QED) is 0.339. The summed E-state index contributed by atoms with van der Waals surface area (Å²) in [5.41, 5.74) is 0. The van der Waals surface area contributed by atoms with Gasteiger partial charge in [-0.1, -0.05) is 0 Å². The SMILES string of the molecule is CCC[CH2][Ge](/[CH]=C\CCCO)([CH2]CCC)[CH2]CCC. The number of rotatable bonds is 13. The van der Waals surface area contributed by atoms with Gasteiger partial charge < -0.3 is 0 Å². The molecule has 114 valence electrons. The molecule has 0 aromatic heterocycles. The number of hydrogen-bond donors (Lipinski definition) is 1. The van der Waals surface area contributed by atoms with Crippen LogP contribution in [-0.4, -0.2) is 25.0 Å². The normalized spacial score (nSPS) is 12.4. The van der Waals surface area contributed by atoms with Gasteiger partial charge in [0.15, 0.2) is 0 Å². The van der Waals surface area contributed by atoms with Crippen LogP contribution in [0.5, 0.6) is 0 Å². The van der Waals surface area contributed by atoms with Crippen LogP contribution in [0.2, 0.25) is 15.8 Å². The Morgan fingerprint density at radius 1 is 0.789 bits per heavy atom. The fraction of sp³-hybridized carbons (Fsp3) is 0.882. The van der Waals surface area contributed by atoms with E-state index in [1.807, 2.05) is 0 Å². The summed E-state index contributed by atoms with van der Waals surface area (Å²) >= 11 is -1.74.